The first-order valence-corrected chi connectivity index (χ1v) is 11.9. The highest BCUT2D eigenvalue weighted by Crippen LogP contribution is 2.24. The number of para-hydroxylation sites is 1. The van der Waals surface area contributed by atoms with E-state index in [4.69, 9.17) is 4.98 Å². The van der Waals surface area contributed by atoms with Crippen molar-refractivity contribution in [3.05, 3.63) is 106 Å². The average Bonchev–Trinajstić information content (AvgIpc) is 2.85. The Hall–Kier alpha value is -3.77. The lowest BCUT2D eigenvalue weighted by molar-refractivity contribution is -0.133. The highest BCUT2D eigenvalue weighted by molar-refractivity contribution is 5.80. The molecule has 0 aliphatic carbocycles. The quantitative estimate of drug-likeness (QED) is 0.385. The lowest BCUT2D eigenvalue weighted by atomic mass is 10.1. The Labute approximate surface area is 206 Å². The second kappa shape index (κ2) is 10.7. The van der Waals surface area contributed by atoms with E-state index in [-0.39, 0.29) is 11.5 Å². The Balaban J connectivity index is 1.83. The maximum Gasteiger partial charge on any atom is 0.266 e. The molecule has 4 aromatic rings. The number of nitrogens with zero attached hydrogens (tertiary/aromatic N) is 4. The minimum Gasteiger partial charge on any atom is -0.331 e. The second-order valence-electron chi connectivity index (χ2n) is 9.19. The summed E-state index contributed by atoms with van der Waals surface area (Å²) in [6.07, 6.45) is 0.293. The van der Waals surface area contributed by atoms with Gasteiger partial charge in [0, 0.05) is 13.1 Å². The summed E-state index contributed by atoms with van der Waals surface area (Å²) in [6, 6.07) is 24.5. The first kappa shape index (κ1) is 24.4. The molecule has 1 aromatic heterocycles. The van der Waals surface area contributed by atoms with Crippen LogP contribution in [-0.2, 0) is 11.2 Å². The molecule has 6 heteroatoms. The third kappa shape index (κ3) is 5.49. The molecule has 0 radical (unpaired) electrons. The van der Waals surface area contributed by atoms with Crippen LogP contribution in [0.1, 0.15) is 29.9 Å². The summed E-state index contributed by atoms with van der Waals surface area (Å²) >= 11 is 0. The van der Waals surface area contributed by atoms with Gasteiger partial charge in [-0.15, -0.1) is 0 Å². The summed E-state index contributed by atoms with van der Waals surface area (Å²) in [7, 11) is 3.97. The molecule has 0 saturated heterocycles. The van der Waals surface area contributed by atoms with Crippen LogP contribution in [0, 0.1) is 6.92 Å². The van der Waals surface area contributed by atoms with Crippen molar-refractivity contribution in [3.63, 3.8) is 0 Å². The molecule has 180 valence electrons. The van der Waals surface area contributed by atoms with Crippen molar-refractivity contribution in [2.75, 3.05) is 27.2 Å². The monoisotopic (exact) mass is 468 g/mol. The third-order valence-electron chi connectivity index (χ3n) is 6.24. The predicted molar refractivity (Wildman–Crippen MR) is 141 cm³/mol. The summed E-state index contributed by atoms with van der Waals surface area (Å²) in [4.78, 5) is 36.1. The van der Waals surface area contributed by atoms with Gasteiger partial charge in [0.05, 0.1) is 29.1 Å². The number of hydrogen-bond acceptors (Lipinski definition) is 4. The van der Waals surface area contributed by atoms with Crippen molar-refractivity contribution >= 4 is 16.8 Å². The van der Waals surface area contributed by atoms with Crippen LogP contribution in [0.3, 0.4) is 0 Å². The number of amides is 1. The van der Waals surface area contributed by atoms with E-state index in [9.17, 15) is 9.59 Å². The molecule has 0 saturated carbocycles. The smallest absolute Gasteiger partial charge is 0.266 e. The number of carbonyl (C=O) groups excluding carboxylic acids is 1. The van der Waals surface area contributed by atoms with Crippen molar-refractivity contribution < 1.29 is 4.79 Å². The molecule has 1 amide bonds. The standard InChI is InChI=1S/C29H32N4O2/c1-21-14-16-24(17-15-21)33-28(30-26-13-9-8-12-25(26)29(33)35)22(2)32(19-18-31(3)4)27(34)20-23-10-6-5-7-11-23/h5-17,22H,18-20H2,1-4H3. The SMILES string of the molecule is Cc1ccc(-n2c(C(C)N(CCN(C)C)C(=O)Cc3ccccc3)nc3ccccc3c2=O)cc1. The molecule has 0 bridgehead atoms. The zero-order chi connectivity index (χ0) is 24.9. The Morgan fingerprint density at radius 2 is 1.57 bits per heavy atom. The molecule has 3 aromatic carbocycles. The van der Waals surface area contributed by atoms with Crippen LogP contribution in [0.5, 0.6) is 0 Å². The van der Waals surface area contributed by atoms with Gasteiger partial charge < -0.3 is 9.80 Å². The van der Waals surface area contributed by atoms with Gasteiger partial charge in [-0.3, -0.25) is 14.2 Å². The fraction of sp³-hybridized carbons (Fsp3) is 0.276. The molecular weight excluding hydrogens is 436 g/mol. The number of likely N-dealkylation sites (N-methyl/N-ethyl adjacent to an activating group) is 1. The third-order valence-corrected chi connectivity index (χ3v) is 6.24. The summed E-state index contributed by atoms with van der Waals surface area (Å²) in [5.41, 5.74) is 3.30. The molecule has 4 rings (SSSR count). The molecule has 0 fully saturated rings. The minimum absolute atomic E-state index is 0.00316. The van der Waals surface area contributed by atoms with Crippen LogP contribution in [0.25, 0.3) is 16.6 Å². The molecule has 0 aliphatic rings. The summed E-state index contributed by atoms with van der Waals surface area (Å²) in [5.74, 6) is 0.557. The fourth-order valence-corrected chi connectivity index (χ4v) is 4.23. The molecule has 0 spiro atoms. The highest BCUT2D eigenvalue weighted by atomic mass is 16.2. The minimum atomic E-state index is -0.412. The van der Waals surface area contributed by atoms with Gasteiger partial charge in [0.25, 0.3) is 5.56 Å². The molecule has 1 heterocycles. The van der Waals surface area contributed by atoms with Crippen LogP contribution >= 0.6 is 0 Å². The van der Waals surface area contributed by atoms with Crippen LogP contribution in [0.4, 0.5) is 0 Å². The maximum absolute atomic E-state index is 13.7. The van der Waals surface area contributed by atoms with E-state index >= 15 is 0 Å². The molecular formula is C29H32N4O2. The predicted octanol–water partition coefficient (Wildman–Crippen LogP) is 4.39. The van der Waals surface area contributed by atoms with E-state index in [0.29, 0.717) is 36.2 Å². The Kier molecular flexibility index (Phi) is 7.42. The molecule has 1 unspecified atom stereocenters. The van der Waals surface area contributed by atoms with Crippen molar-refractivity contribution in [1.82, 2.24) is 19.4 Å². The Morgan fingerprint density at radius 3 is 2.26 bits per heavy atom. The van der Waals surface area contributed by atoms with Crippen molar-refractivity contribution in [2.24, 2.45) is 0 Å². The lowest BCUT2D eigenvalue weighted by Gasteiger charge is -2.31. The van der Waals surface area contributed by atoms with E-state index in [2.05, 4.69) is 4.90 Å². The number of aryl methyl sites for hydroxylation is 1. The highest BCUT2D eigenvalue weighted by Gasteiger charge is 2.27. The average molecular weight is 469 g/mol. The van der Waals surface area contributed by atoms with Crippen LogP contribution in [-0.4, -0.2) is 52.4 Å². The van der Waals surface area contributed by atoms with Crippen LogP contribution in [0.15, 0.2) is 83.7 Å². The van der Waals surface area contributed by atoms with Gasteiger partial charge in [0.2, 0.25) is 5.91 Å². The van der Waals surface area contributed by atoms with E-state index in [1.165, 1.54) is 0 Å². The largest absolute Gasteiger partial charge is 0.331 e. The number of benzene rings is 3. The zero-order valence-electron chi connectivity index (χ0n) is 20.8. The van der Waals surface area contributed by atoms with E-state index in [1.807, 2.05) is 106 Å². The van der Waals surface area contributed by atoms with E-state index < -0.39 is 6.04 Å². The van der Waals surface area contributed by atoms with Crippen LogP contribution < -0.4 is 5.56 Å². The summed E-state index contributed by atoms with van der Waals surface area (Å²) < 4.78 is 1.66. The van der Waals surface area contributed by atoms with Gasteiger partial charge in [-0.25, -0.2) is 4.98 Å². The molecule has 1 atom stereocenters. The van der Waals surface area contributed by atoms with Gasteiger partial charge in [0.1, 0.15) is 5.82 Å². The number of aromatic nitrogens is 2. The molecule has 0 N–H and O–H groups in total. The maximum atomic E-state index is 13.7. The number of fused-ring (bicyclic) bond motifs is 1. The Morgan fingerprint density at radius 1 is 0.914 bits per heavy atom. The normalized spacial score (nSPS) is 12.1. The van der Waals surface area contributed by atoms with Crippen molar-refractivity contribution in [3.8, 4) is 5.69 Å². The first-order valence-electron chi connectivity index (χ1n) is 11.9. The first-order chi connectivity index (χ1) is 16.8. The van der Waals surface area contributed by atoms with Gasteiger partial charge in [0.15, 0.2) is 0 Å². The number of rotatable bonds is 8. The van der Waals surface area contributed by atoms with Gasteiger partial charge >= 0.3 is 0 Å². The molecule has 0 aliphatic heterocycles. The number of hydrogen-bond donors (Lipinski definition) is 0. The van der Waals surface area contributed by atoms with Gasteiger partial charge in [-0.05, 0) is 57.8 Å². The van der Waals surface area contributed by atoms with Gasteiger partial charge in [-0.1, -0.05) is 60.2 Å². The van der Waals surface area contributed by atoms with Crippen molar-refractivity contribution in [2.45, 2.75) is 26.3 Å². The topological polar surface area (TPSA) is 58.4 Å². The second-order valence-corrected chi connectivity index (χ2v) is 9.19. The Bertz CT molecular complexity index is 1360. The van der Waals surface area contributed by atoms with Crippen LogP contribution in [0.2, 0.25) is 0 Å². The van der Waals surface area contributed by atoms with E-state index in [1.54, 1.807) is 10.6 Å². The number of carbonyl (C=O) groups is 1. The lowest BCUT2D eigenvalue weighted by Crippen LogP contribution is -2.41. The zero-order valence-corrected chi connectivity index (χ0v) is 20.8. The van der Waals surface area contributed by atoms with E-state index in [0.717, 1.165) is 16.8 Å². The van der Waals surface area contributed by atoms with Crippen molar-refractivity contribution in [1.29, 1.82) is 0 Å². The molecule has 6 nitrogen and oxygen atoms in total. The molecule has 35 heavy (non-hydrogen) atoms. The van der Waals surface area contributed by atoms with Gasteiger partial charge in [-0.2, -0.15) is 0 Å². The summed E-state index contributed by atoms with van der Waals surface area (Å²) in [6.45, 7) is 5.20. The summed E-state index contributed by atoms with van der Waals surface area (Å²) in [5, 5.41) is 0.555. The fourth-order valence-electron chi connectivity index (χ4n) is 4.23.